The molecule has 0 saturated heterocycles. The molecule has 0 aliphatic carbocycles. The fraction of sp³-hybridized carbons (Fsp3) is 0.409. The minimum atomic E-state index is 0.0274. The Bertz CT molecular complexity index is 1100. The second kappa shape index (κ2) is 6.48. The molecule has 0 N–H and O–H groups in total. The maximum Gasteiger partial charge on any atom is 0.113 e. The molecule has 5 heteroatoms. The number of aryl methyl sites for hydroxylation is 2. The number of rotatable bonds is 5. The lowest BCUT2D eigenvalue weighted by molar-refractivity contribution is 0.422. The second-order valence-corrected chi connectivity index (χ2v) is 8.41. The van der Waals surface area contributed by atoms with E-state index in [0.29, 0.717) is 5.92 Å². The van der Waals surface area contributed by atoms with Crippen molar-refractivity contribution in [1.82, 2.24) is 24.5 Å². The van der Waals surface area contributed by atoms with Crippen molar-refractivity contribution < 1.29 is 0 Å². The lowest BCUT2D eigenvalue weighted by Crippen LogP contribution is -2.20. The Hall–Kier alpha value is -2.69. The van der Waals surface area contributed by atoms with Gasteiger partial charge in [-0.05, 0) is 53.1 Å². The molecule has 0 fully saturated rings. The van der Waals surface area contributed by atoms with Gasteiger partial charge in [-0.2, -0.15) is 0 Å². The fourth-order valence-corrected chi connectivity index (χ4v) is 3.59. The van der Waals surface area contributed by atoms with Crippen LogP contribution in [0, 0.1) is 0 Å². The zero-order valence-corrected chi connectivity index (χ0v) is 16.8. The maximum atomic E-state index is 4.50. The SMILES string of the molecule is CC(C)c1ccc2nnn(CCC(C)(C)c3ccc4c(c3)ncn4C)c2c1. The van der Waals surface area contributed by atoms with E-state index in [9.17, 15) is 0 Å². The van der Waals surface area contributed by atoms with Crippen molar-refractivity contribution in [2.75, 3.05) is 0 Å². The summed E-state index contributed by atoms with van der Waals surface area (Å²) in [6.07, 6.45) is 2.85. The molecule has 27 heavy (non-hydrogen) atoms. The zero-order valence-electron chi connectivity index (χ0n) is 16.8. The molecule has 2 aromatic carbocycles. The summed E-state index contributed by atoms with van der Waals surface area (Å²) in [5.74, 6) is 0.499. The van der Waals surface area contributed by atoms with Crippen molar-refractivity contribution in [1.29, 1.82) is 0 Å². The fourth-order valence-electron chi connectivity index (χ4n) is 3.59. The van der Waals surface area contributed by atoms with E-state index < -0.39 is 0 Å². The van der Waals surface area contributed by atoms with Gasteiger partial charge in [-0.25, -0.2) is 9.67 Å². The number of imidazole rings is 1. The van der Waals surface area contributed by atoms with Gasteiger partial charge in [0.25, 0.3) is 0 Å². The molecule has 0 atom stereocenters. The molecule has 5 nitrogen and oxygen atoms in total. The minimum Gasteiger partial charge on any atom is -0.334 e. The quantitative estimate of drug-likeness (QED) is 0.512. The average Bonchev–Trinajstić information content (AvgIpc) is 3.23. The number of aromatic nitrogens is 5. The summed E-state index contributed by atoms with van der Waals surface area (Å²) in [4.78, 5) is 4.50. The summed E-state index contributed by atoms with van der Waals surface area (Å²) in [5.41, 5.74) is 6.96. The summed E-state index contributed by atoms with van der Waals surface area (Å²) in [6, 6.07) is 13.1. The van der Waals surface area contributed by atoms with Crippen molar-refractivity contribution in [2.45, 2.75) is 52.0 Å². The monoisotopic (exact) mass is 361 g/mol. The first-order valence-electron chi connectivity index (χ1n) is 9.60. The lowest BCUT2D eigenvalue weighted by atomic mass is 9.81. The van der Waals surface area contributed by atoms with Gasteiger partial charge >= 0.3 is 0 Å². The van der Waals surface area contributed by atoms with E-state index in [2.05, 4.69) is 84.0 Å². The highest BCUT2D eigenvalue weighted by Gasteiger charge is 2.22. The van der Waals surface area contributed by atoms with Crippen LogP contribution < -0.4 is 0 Å². The van der Waals surface area contributed by atoms with Gasteiger partial charge in [0, 0.05) is 13.6 Å². The highest BCUT2D eigenvalue weighted by molar-refractivity contribution is 5.76. The van der Waals surface area contributed by atoms with Crippen molar-refractivity contribution in [3.05, 3.63) is 53.9 Å². The van der Waals surface area contributed by atoms with Gasteiger partial charge < -0.3 is 4.57 Å². The van der Waals surface area contributed by atoms with Crippen molar-refractivity contribution in [2.24, 2.45) is 7.05 Å². The summed E-state index contributed by atoms with van der Waals surface area (Å²) in [6.45, 7) is 9.84. The van der Waals surface area contributed by atoms with Gasteiger partial charge in [0.2, 0.25) is 0 Å². The molecule has 0 radical (unpaired) electrons. The average molecular weight is 361 g/mol. The van der Waals surface area contributed by atoms with Crippen LogP contribution in [0.3, 0.4) is 0 Å². The molecule has 4 rings (SSSR count). The summed E-state index contributed by atoms with van der Waals surface area (Å²) < 4.78 is 4.10. The Balaban J connectivity index is 1.59. The third-order valence-corrected chi connectivity index (χ3v) is 5.66. The van der Waals surface area contributed by atoms with Crippen LogP contribution in [0.4, 0.5) is 0 Å². The smallest absolute Gasteiger partial charge is 0.113 e. The first kappa shape index (κ1) is 17.7. The van der Waals surface area contributed by atoms with Gasteiger partial charge in [-0.15, -0.1) is 5.10 Å². The molecule has 2 aromatic heterocycles. The number of benzene rings is 2. The summed E-state index contributed by atoms with van der Waals surface area (Å²) in [5, 5.41) is 8.73. The van der Waals surface area contributed by atoms with Gasteiger partial charge in [0.1, 0.15) is 5.52 Å². The first-order chi connectivity index (χ1) is 12.8. The topological polar surface area (TPSA) is 48.5 Å². The molecule has 4 aromatic rings. The molecule has 2 heterocycles. The zero-order chi connectivity index (χ0) is 19.2. The van der Waals surface area contributed by atoms with Gasteiger partial charge in [0.15, 0.2) is 0 Å². The van der Waals surface area contributed by atoms with Crippen LogP contribution in [0.15, 0.2) is 42.7 Å². The predicted molar refractivity (Wildman–Crippen MR) is 110 cm³/mol. The molecular weight excluding hydrogens is 334 g/mol. The molecule has 0 aliphatic heterocycles. The minimum absolute atomic E-state index is 0.0274. The Morgan fingerprint density at radius 1 is 1.00 bits per heavy atom. The number of nitrogens with zero attached hydrogens (tertiary/aromatic N) is 5. The van der Waals surface area contributed by atoms with Crippen molar-refractivity contribution in [3.63, 3.8) is 0 Å². The highest BCUT2D eigenvalue weighted by Crippen LogP contribution is 2.30. The number of fused-ring (bicyclic) bond motifs is 2. The molecular formula is C22H27N5. The largest absolute Gasteiger partial charge is 0.334 e. The van der Waals surface area contributed by atoms with E-state index in [-0.39, 0.29) is 5.41 Å². The van der Waals surface area contributed by atoms with Crippen molar-refractivity contribution in [3.8, 4) is 0 Å². The Morgan fingerprint density at radius 2 is 1.81 bits per heavy atom. The summed E-state index contributed by atoms with van der Waals surface area (Å²) >= 11 is 0. The molecule has 0 unspecified atom stereocenters. The number of hydrogen-bond acceptors (Lipinski definition) is 3. The van der Waals surface area contributed by atoms with E-state index in [1.165, 1.54) is 11.1 Å². The third-order valence-electron chi connectivity index (χ3n) is 5.66. The van der Waals surface area contributed by atoms with E-state index in [4.69, 9.17) is 0 Å². The molecule has 0 bridgehead atoms. The van der Waals surface area contributed by atoms with Crippen LogP contribution in [-0.2, 0) is 19.0 Å². The first-order valence-corrected chi connectivity index (χ1v) is 9.60. The van der Waals surface area contributed by atoms with Crippen LogP contribution >= 0.6 is 0 Å². The van der Waals surface area contributed by atoms with Crippen LogP contribution in [-0.4, -0.2) is 24.5 Å². The summed E-state index contributed by atoms with van der Waals surface area (Å²) in [7, 11) is 2.03. The predicted octanol–water partition coefficient (Wildman–Crippen LogP) is 4.81. The van der Waals surface area contributed by atoms with Crippen LogP contribution in [0.1, 0.15) is 51.2 Å². The number of hydrogen-bond donors (Lipinski definition) is 0. The van der Waals surface area contributed by atoms with Crippen molar-refractivity contribution >= 4 is 22.1 Å². The Morgan fingerprint density at radius 3 is 2.59 bits per heavy atom. The molecule has 0 saturated carbocycles. The lowest BCUT2D eigenvalue weighted by Gasteiger charge is -2.25. The van der Waals surface area contributed by atoms with Gasteiger partial charge in [-0.3, -0.25) is 0 Å². The molecule has 140 valence electrons. The Kier molecular flexibility index (Phi) is 4.25. The second-order valence-electron chi connectivity index (χ2n) is 8.41. The Labute approximate surface area is 160 Å². The van der Waals surface area contributed by atoms with Crippen LogP contribution in [0.25, 0.3) is 22.1 Å². The normalized spacial score (nSPS) is 12.5. The van der Waals surface area contributed by atoms with E-state index in [1.807, 2.05) is 18.1 Å². The van der Waals surface area contributed by atoms with E-state index in [0.717, 1.165) is 35.0 Å². The maximum absolute atomic E-state index is 4.50. The van der Waals surface area contributed by atoms with Gasteiger partial charge in [-0.1, -0.05) is 45.0 Å². The van der Waals surface area contributed by atoms with Crippen LogP contribution in [0.2, 0.25) is 0 Å². The molecule has 0 amide bonds. The van der Waals surface area contributed by atoms with Crippen LogP contribution in [0.5, 0.6) is 0 Å². The van der Waals surface area contributed by atoms with E-state index >= 15 is 0 Å². The van der Waals surface area contributed by atoms with Gasteiger partial charge in [0.05, 0.1) is 22.9 Å². The molecule has 0 spiro atoms. The molecule has 0 aliphatic rings. The highest BCUT2D eigenvalue weighted by atomic mass is 15.4. The van der Waals surface area contributed by atoms with E-state index in [1.54, 1.807) is 0 Å². The third kappa shape index (κ3) is 3.22. The standard InChI is InChI=1S/C22H27N5/c1-15(2)16-6-8-18-21(12-16)27(25-24-18)11-10-22(3,4)17-7-9-20-19(13-17)23-14-26(20)5/h6-9,12-15H,10-11H2,1-5H3.